The van der Waals surface area contributed by atoms with Crippen molar-refractivity contribution in [3.8, 4) is 0 Å². The van der Waals surface area contributed by atoms with Gasteiger partial charge in [-0.05, 0) is 93.5 Å². The molecule has 0 saturated heterocycles. The third-order valence-electron chi connectivity index (χ3n) is 9.76. The minimum Gasteiger partial charge on any atom is -0.412 e. The number of benzene rings is 1. The lowest BCUT2D eigenvalue weighted by Gasteiger charge is -2.58. The van der Waals surface area contributed by atoms with Crippen LogP contribution in [0.1, 0.15) is 71.8 Å². The summed E-state index contributed by atoms with van der Waals surface area (Å²) in [6, 6.07) is 10.4. The second kappa shape index (κ2) is 9.09. The molecule has 3 saturated carbocycles. The van der Waals surface area contributed by atoms with Crippen LogP contribution in [0.2, 0.25) is 19.6 Å². The standard InChI is InChI=1S/C30H48O4Si/c1-21(2)30(33-20-23-12-10-9-11-13-23)17-16-27(4)18-26-28(5,34-35(6,7)8)15-14-24(31)22(3)29(26,32)19-25(27)30/h9-13,21,24-26,31-32H,3,14-20H2,1-2,4-8H3/t24-,25-,26-,27-,28+,29+,30-/m1/s1. The highest BCUT2D eigenvalue weighted by atomic mass is 28.4. The Labute approximate surface area is 214 Å². The molecule has 7 atom stereocenters. The van der Waals surface area contributed by atoms with Crippen LogP contribution in [0, 0.1) is 23.2 Å². The van der Waals surface area contributed by atoms with Gasteiger partial charge in [0, 0.05) is 5.92 Å². The van der Waals surface area contributed by atoms with Crippen LogP contribution in [0.3, 0.4) is 0 Å². The number of fused-ring (bicyclic) bond motifs is 2. The van der Waals surface area contributed by atoms with Gasteiger partial charge in [-0.15, -0.1) is 0 Å². The number of hydrogen-bond donors (Lipinski definition) is 2. The zero-order chi connectivity index (χ0) is 25.9. The highest BCUT2D eigenvalue weighted by molar-refractivity contribution is 6.69. The maximum absolute atomic E-state index is 12.5. The SMILES string of the molecule is C=C1[C@H](O)CC[C@](C)(O[Si](C)(C)C)[C@H]2C[C@@]3(C)CC[C@@](OCc4ccccc4)(C(C)C)[C@@H]3C[C@]12O. The van der Waals surface area contributed by atoms with Crippen molar-refractivity contribution in [3.63, 3.8) is 0 Å². The fraction of sp³-hybridized carbons (Fsp3) is 0.733. The molecular weight excluding hydrogens is 452 g/mol. The monoisotopic (exact) mass is 500 g/mol. The van der Waals surface area contributed by atoms with Crippen molar-refractivity contribution >= 4 is 8.32 Å². The first-order chi connectivity index (χ1) is 16.2. The van der Waals surface area contributed by atoms with Crippen LogP contribution in [0.25, 0.3) is 0 Å². The summed E-state index contributed by atoms with van der Waals surface area (Å²) in [4.78, 5) is 0. The predicted molar refractivity (Wildman–Crippen MR) is 145 cm³/mol. The van der Waals surface area contributed by atoms with E-state index in [0.717, 1.165) is 25.7 Å². The lowest BCUT2D eigenvalue weighted by Crippen LogP contribution is -2.62. The quantitative estimate of drug-likeness (QED) is 0.347. The minimum absolute atomic E-state index is 0.0392. The van der Waals surface area contributed by atoms with Crippen LogP contribution in [-0.2, 0) is 15.8 Å². The van der Waals surface area contributed by atoms with Gasteiger partial charge in [-0.1, -0.05) is 57.7 Å². The topological polar surface area (TPSA) is 58.9 Å². The molecule has 0 radical (unpaired) electrons. The molecule has 0 bridgehead atoms. The Morgan fingerprint density at radius 1 is 1.03 bits per heavy atom. The highest BCUT2D eigenvalue weighted by Gasteiger charge is 2.67. The summed E-state index contributed by atoms with van der Waals surface area (Å²) in [5.74, 6) is 0.398. The van der Waals surface area contributed by atoms with Crippen LogP contribution in [-0.4, -0.2) is 41.4 Å². The number of ether oxygens (including phenoxy) is 1. The van der Waals surface area contributed by atoms with Gasteiger partial charge in [-0.25, -0.2) is 0 Å². The summed E-state index contributed by atoms with van der Waals surface area (Å²) in [6.45, 7) is 20.7. The molecule has 3 fully saturated rings. The molecule has 3 aliphatic carbocycles. The molecule has 0 heterocycles. The van der Waals surface area contributed by atoms with E-state index in [9.17, 15) is 10.2 Å². The molecule has 0 amide bonds. The lowest BCUT2D eigenvalue weighted by molar-refractivity contribution is -0.194. The van der Waals surface area contributed by atoms with E-state index in [-0.39, 0.29) is 22.9 Å². The van der Waals surface area contributed by atoms with Crippen molar-refractivity contribution in [1.82, 2.24) is 0 Å². The van der Waals surface area contributed by atoms with Gasteiger partial charge in [0.05, 0.1) is 29.5 Å². The van der Waals surface area contributed by atoms with E-state index in [2.05, 4.69) is 78.2 Å². The second-order valence-electron chi connectivity index (χ2n) is 13.6. The van der Waals surface area contributed by atoms with Crippen molar-refractivity contribution < 1.29 is 19.4 Å². The van der Waals surface area contributed by atoms with Crippen molar-refractivity contribution in [2.24, 2.45) is 23.2 Å². The van der Waals surface area contributed by atoms with Gasteiger partial charge in [0.15, 0.2) is 8.32 Å². The first-order valence-electron chi connectivity index (χ1n) is 13.6. The van der Waals surface area contributed by atoms with Crippen LogP contribution in [0.5, 0.6) is 0 Å². The Balaban J connectivity index is 1.73. The van der Waals surface area contributed by atoms with Crippen molar-refractivity contribution in [1.29, 1.82) is 0 Å². The van der Waals surface area contributed by atoms with Crippen LogP contribution in [0.15, 0.2) is 42.5 Å². The molecular formula is C30H48O4Si. The highest BCUT2D eigenvalue weighted by Crippen LogP contribution is 2.66. The molecule has 0 spiro atoms. The van der Waals surface area contributed by atoms with Gasteiger partial charge in [0.25, 0.3) is 0 Å². The van der Waals surface area contributed by atoms with E-state index < -0.39 is 25.6 Å². The van der Waals surface area contributed by atoms with Crippen molar-refractivity contribution in [2.75, 3.05) is 0 Å². The van der Waals surface area contributed by atoms with Crippen molar-refractivity contribution in [3.05, 3.63) is 48.0 Å². The first kappa shape index (κ1) is 27.1. The summed E-state index contributed by atoms with van der Waals surface area (Å²) in [5.41, 5.74) is -0.175. The number of hydrogen-bond acceptors (Lipinski definition) is 4. The average Bonchev–Trinajstić information content (AvgIpc) is 3.04. The molecule has 3 aliphatic rings. The van der Waals surface area contributed by atoms with E-state index >= 15 is 0 Å². The molecule has 196 valence electrons. The lowest BCUT2D eigenvalue weighted by atomic mass is 9.52. The van der Waals surface area contributed by atoms with E-state index in [4.69, 9.17) is 9.16 Å². The van der Waals surface area contributed by atoms with Gasteiger partial charge in [-0.2, -0.15) is 0 Å². The fourth-order valence-electron chi connectivity index (χ4n) is 7.95. The normalized spacial score (nSPS) is 42.0. The summed E-state index contributed by atoms with van der Waals surface area (Å²) in [6.07, 6.45) is 4.12. The van der Waals surface area contributed by atoms with Gasteiger partial charge < -0.3 is 19.4 Å². The predicted octanol–water partition coefficient (Wildman–Crippen LogP) is 6.48. The Morgan fingerprint density at radius 2 is 1.69 bits per heavy atom. The molecule has 0 aliphatic heterocycles. The summed E-state index contributed by atoms with van der Waals surface area (Å²) >= 11 is 0. The van der Waals surface area contributed by atoms with E-state index in [0.29, 0.717) is 30.9 Å². The minimum atomic E-state index is -1.89. The maximum Gasteiger partial charge on any atom is 0.184 e. The molecule has 5 heteroatoms. The Morgan fingerprint density at radius 3 is 2.29 bits per heavy atom. The second-order valence-corrected chi connectivity index (χ2v) is 18.0. The van der Waals surface area contributed by atoms with Crippen LogP contribution >= 0.6 is 0 Å². The third kappa shape index (κ3) is 4.72. The first-order valence-corrected chi connectivity index (χ1v) is 17.0. The van der Waals surface area contributed by atoms with Crippen molar-refractivity contribution in [2.45, 2.75) is 115 Å². The number of aliphatic hydroxyl groups is 2. The molecule has 1 aromatic rings. The average molecular weight is 501 g/mol. The summed E-state index contributed by atoms with van der Waals surface area (Å²) < 4.78 is 13.8. The van der Waals surface area contributed by atoms with Gasteiger partial charge in [-0.3, -0.25) is 0 Å². The van der Waals surface area contributed by atoms with Crippen LogP contribution in [0.4, 0.5) is 0 Å². The Kier molecular flexibility index (Phi) is 7.03. The molecule has 35 heavy (non-hydrogen) atoms. The summed E-state index contributed by atoms with van der Waals surface area (Å²) in [5, 5.41) is 23.6. The third-order valence-corrected chi connectivity index (χ3v) is 10.8. The van der Waals surface area contributed by atoms with E-state index in [1.165, 1.54) is 5.56 Å². The fourth-order valence-corrected chi connectivity index (χ4v) is 9.59. The molecule has 4 nitrogen and oxygen atoms in total. The molecule has 0 unspecified atom stereocenters. The van der Waals surface area contributed by atoms with Gasteiger partial charge >= 0.3 is 0 Å². The Bertz CT molecular complexity index is 926. The maximum atomic E-state index is 12.5. The zero-order valence-corrected chi connectivity index (χ0v) is 24.1. The molecule has 0 aromatic heterocycles. The zero-order valence-electron chi connectivity index (χ0n) is 23.1. The Hall–Kier alpha value is -0.983. The van der Waals surface area contributed by atoms with Gasteiger partial charge in [0.1, 0.15) is 0 Å². The smallest absolute Gasteiger partial charge is 0.184 e. The molecule has 4 rings (SSSR count). The molecule has 1 aromatic carbocycles. The van der Waals surface area contributed by atoms with Gasteiger partial charge in [0.2, 0.25) is 0 Å². The summed E-state index contributed by atoms with van der Waals surface area (Å²) in [7, 11) is -1.89. The van der Waals surface area contributed by atoms with E-state index in [1.54, 1.807) is 0 Å². The largest absolute Gasteiger partial charge is 0.412 e. The molecule has 2 N–H and O–H groups in total. The number of rotatable bonds is 6. The van der Waals surface area contributed by atoms with Crippen LogP contribution < -0.4 is 0 Å². The number of aliphatic hydroxyl groups excluding tert-OH is 1. The van der Waals surface area contributed by atoms with E-state index in [1.807, 2.05) is 6.07 Å².